The average molecular weight is 288 g/mol. The molecule has 0 atom stereocenters. The molecule has 0 unspecified atom stereocenters. The van der Waals surface area contributed by atoms with Gasteiger partial charge in [-0.1, -0.05) is 23.8 Å². The Morgan fingerprint density at radius 1 is 1.05 bits per heavy atom. The van der Waals surface area contributed by atoms with E-state index in [2.05, 4.69) is 0 Å². The molecule has 0 spiro atoms. The Kier molecular flexibility index (Phi) is 5.43. The third kappa shape index (κ3) is 5.34. The van der Waals surface area contributed by atoms with Gasteiger partial charge in [0.15, 0.2) is 0 Å². The van der Waals surface area contributed by atoms with Gasteiger partial charge in [-0.2, -0.15) is 0 Å². The van der Waals surface area contributed by atoms with Gasteiger partial charge in [0.05, 0.1) is 12.4 Å². The molecule has 112 valence electrons. The molecule has 4 nitrogen and oxygen atoms in total. The molecule has 1 aromatic rings. The maximum Gasteiger partial charge on any atom is 0.306 e. The molecule has 0 radical (unpaired) electrons. The van der Waals surface area contributed by atoms with Gasteiger partial charge < -0.3 is 14.9 Å². The number of hydrogen-bond acceptors (Lipinski definition) is 4. The molecule has 0 bridgehead atoms. The molecular weight excluding hydrogens is 268 g/mol. The summed E-state index contributed by atoms with van der Waals surface area (Å²) in [5, 5.41) is 18.4. The second kappa shape index (κ2) is 7.53. The number of aliphatic hydroxyl groups is 1. The van der Waals surface area contributed by atoms with Gasteiger partial charge in [-0.15, -0.1) is 0 Å². The van der Waals surface area contributed by atoms with Gasteiger partial charge in [0.2, 0.25) is 0 Å². The van der Waals surface area contributed by atoms with Crippen molar-refractivity contribution in [1.82, 2.24) is 0 Å². The predicted octanol–water partition coefficient (Wildman–Crippen LogP) is 3.42. The largest absolute Gasteiger partial charge is 0.512 e. The molecule has 0 heterocycles. The lowest BCUT2D eigenvalue weighted by molar-refractivity contribution is -0.143. The molecule has 0 saturated carbocycles. The molecule has 0 aromatic heterocycles. The molecule has 0 aliphatic heterocycles. The Hall–Kier alpha value is -2.23. The standard InChI is InChI=1S/C17H20O4/c18-15-6-1-13(2-7-15)5-10-17(20)21-12-11-14-3-8-16(19)9-4-14/h1,3-4,6,8-9,18-19H,2,5,7,10-12H2. The molecule has 0 saturated heterocycles. The van der Waals surface area contributed by atoms with Crippen LogP contribution in [0, 0.1) is 0 Å². The molecule has 21 heavy (non-hydrogen) atoms. The quantitative estimate of drug-likeness (QED) is 0.787. The van der Waals surface area contributed by atoms with Crippen LogP contribution in [0.15, 0.2) is 47.7 Å². The summed E-state index contributed by atoms with van der Waals surface area (Å²) in [4.78, 5) is 11.6. The van der Waals surface area contributed by atoms with Gasteiger partial charge >= 0.3 is 5.97 Å². The first-order valence-corrected chi connectivity index (χ1v) is 7.14. The molecule has 0 fully saturated rings. The Morgan fingerprint density at radius 3 is 2.48 bits per heavy atom. The zero-order valence-corrected chi connectivity index (χ0v) is 11.9. The maximum atomic E-state index is 11.6. The molecule has 1 aromatic carbocycles. The van der Waals surface area contributed by atoms with Crippen molar-refractivity contribution >= 4 is 5.97 Å². The van der Waals surface area contributed by atoms with E-state index < -0.39 is 0 Å². The third-order valence-corrected chi connectivity index (χ3v) is 3.45. The van der Waals surface area contributed by atoms with E-state index in [1.165, 1.54) is 5.57 Å². The van der Waals surface area contributed by atoms with E-state index in [9.17, 15) is 15.0 Å². The van der Waals surface area contributed by atoms with Gasteiger partial charge in [0, 0.05) is 19.3 Å². The summed E-state index contributed by atoms with van der Waals surface area (Å²) >= 11 is 0. The second-order valence-corrected chi connectivity index (χ2v) is 5.12. The number of ether oxygens (including phenoxy) is 1. The van der Waals surface area contributed by atoms with Crippen molar-refractivity contribution in [2.75, 3.05) is 6.61 Å². The highest BCUT2D eigenvalue weighted by Crippen LogP contribution is 2.20. The van der Waals surface area contributed by atoms with E-state index in [1.807, 2.05) is 18.2 Å². The van der Waals surface area contributed by atoms with Crippen LogP contribution in [-0.4, -0.2) is 22.8 Å². The minimum atomic E-state index is -0.201. The SMILES string of the molecule is O=C(CCC1=CC=C(O)CC1)OCCc1ccc(O)cc1. The number of phenolic OH excluding ortho intramolecular Hbond substituents is 1. The number of allylic oxidation sites excluding steroid dienone is 4. The first kappa shape index (κ1) is 15.2. The third-order valence-electron chi connectivity index (χ3n) is 3.45. The van der Waals surface area contributed by atoms with Crippen LogP contribution in [0.4, 0.5) is 0 Å². The minimum Gasteiger partial charge on any atom is -0.512 e. The highest BCUT2D eigenvalue weighted by Gasteiger charge is 2.09. The van der Waals surface area contributed by atoms with Crippen molar-refractivity contribution in [2.24, 2.45) is 0 Å². The number of benzene rings is 1. The summed E-state index contributed by atoms with van der Waals surface area (Å²) in [5.41, 5.74) is 2.19. The highest BCUT2D eigenvalue weighted by atomic mass is 16.5. The van der Waals surface area contributed by atoms with Crippen LogP contribution in [-0.2, 0) is 16.0 Å². The van der Waals surface area contributed by atoms with E-state index in [1.54, 1.807) is 18.2 Å². The second-order valence-electron chi connectivity index (χ2n) is 5.12. The number of phenols is 1. The number of carbonyl (C=O) groups excluding carboxylic acids is 1. The van der Waals surface area contributed by atoms with Crippen LogP contribution < -0.4 is 0 Å². The summed E-state index contributed by atoms with van der Waals surface area (Å²) in [7, 11) is 0. The lowest BCUT2D eigenvalue weighted by Gasteiger charge is -2.11. The summed E-state index contributed by atoms with van der Waals surface area (Å²) < 4.78 is 5.19. The Balaban J connectivity index is 1.65. The number of rotatable bonds is 6. The summed E-state index contributed by atoms with van der Waals surface area (Å²) in [6.45, 7) is 0.351. The molecule has 0 amide bonds. The van der Waals surface area contributed by atoms with Gasteiger partial charge in [-0.3, -0.25) is 4.79 Å². The summed E-state index contributed by atoms with van der Waals surface area (Å²) in [6.07, 6.45) is 6.73. The van der Waals surface area contributed by atoms with Crippen LogP contribution in [0.25, 0.3) is 0 Å². The Morgan fingerprint density at radius 2 is 1.81 bits per heavy atom. The fourth-order valence-electron chi connectivity index (χ4n) is 2.16. The number of aromatic hydroxyl groups is 1. The van der Waals surface area contributed by atoms with E-state index in [0.29, 0.717) is 38.0 Å². The minimum absolute atomic E-state index is 0.201. The van der Waals surface area contributed by atoms with Crippen molar-refractivity contribution in [1.29, 1.82) is 0 Å². The van der Waals surface area contributed by atoms with Crippen LogP contribution in [0.3, 0.4) is 0 Å². The zero-order chi connectivity index (χ0) is 15.1. The van der Waals surface area contributed by atoms with E-state index in [0.717, 1.165) is 12.0 Å². The summed E-state index contributed by atoms with van der Waals surface area (Å²) in [5.74, 6) is 0.431. The van der Waals surface area contributed by atoms with Crippen LogP contribution >= 0.6 is 0 Å². The molecule has 2 rings (SSSR count). The van der Waals surface area contributed by atoms with Gasteiger partial charge in [-0.05, 0) is 36.6 Å². The molecule has 2 N–H and O–H groups in total. The fraction of sp³-hybridized carbons (Fsp3) is 0.353. The molecule has 4 heteroatoms. The van der Waals surface area contributed by atoms with E-state index >= 15 is 0 Å². The van der Waals surface area contributed by atoms with Crippen LogP contribution in [0.2, 0.25) is 0 Å². The smallest absolute Gasteiger partial charge is 0.306 e. The van der Waals surface area contributed by atoms with Crippen molar-refractivity contribution in [3.8, 4) is 5.75 Å². The molecule has 1 aliphatic rings. The van der Waals surface area contributed by atoms with Crippen molar-refractivity contribution in [3.63, 3.8) is 0 Å². The molecule has 1 aliphatic carbocycles. The number of esters is 1. The number of carbonyl (C=O) groups is 1. The number of aliphatic hydroxyl groups excluding tert-OH is 1. The average Bonchev–Trinajstić information content (AvgIpc) is 2.49. The Bertz CT molecular complexity index is 540. The highest BCUT2D eigenvalue weighted by molar-refractivity contribution is 5.69. The lowest BCUT2D eigenvalue weighted by Crippen LogP contribution is -2.08. The Labute approximate surface area is 124 Å². The normalized spacial score (nSPS) is 14.3. The molecular formula is C17H20O4. The van der Waals surface area contributed by atoms with Gasteiger partial charge in [-0.25, -0.2) is 0 Å². The van der Waals surface area contributed by atoms with Gasteiger partial charge in [0.25, 0.3) is 0 Å². The topological polar surface area (TPSA) is 66.8 Å². The zero-order valence-electron chi connectivity index (χ0n) is 11.9. The fourth-order valence-corrected chi connectivity index (χ4v) is 2.16. The summed E-state index contributed by atoms with van der Waals surface area (Å²) in [6, 6.07) is 6.87. The van der Waals surface area contributed by atoms with Crippen LogP contribution in [0.5, 0.6) is 5.75 Å². The first-order chi connectivity index (χ1) is 10.1. The number of hydrogen-bond donors (Lipinski definition) is 2. The lowest BCUT2D eigenvalue weighted by atomic mass is 9.99. The first-order valence-electron chi connectivity index (χ1n) is 7.14. The predicted molar refractivity (Wildman–Crippen MR) is 80.0 cm³/mol. The monoisotopic (exact) mass is 288 g/mol. The van der Waals surface area contributed by atoms with Crippen LogP contribution in [0.1, 0.15) is 31.2 Å². The van der Waals surface area contributed by atoms with Crippen molar-refractivity contribution in [3.05, 3.63) is 53.3 Å². The van der Waals surface area contributed by atoms with Gasteiger partial charge in [0.1, 0.15) is 5.75 Å². The van der Waals surface area contributed by atoms with Crippen molar-refractivity contribution < 1.29 is 19.7 Å². The van der Waals surface area contributed by atoms with E-state index in [4.69, 9.17) is 4.74 Å². The maximum absolute atomic E-state index is 11.6. The van der Waals surface area contributed by atoms with E-state index in [-0.39, 0.29) is 11.7 Å². The van der Waals surface area contributed by atoms with Crippen molar-refractivity contribution in [2.45, 2.75) is 32.1 Å².